The summed E-state index contributed by atoms with van der Waals surface area (Å²) in [6.07, 6.45) is -15.7. The fraction of sp³-hybridized carbons (Fsp3) is 1.00. The minimum Gasteiger partial charge on any atom is -0.436 e. The number of nitrogens with two attached hydrogens (primary N) is 1. The lowest BCUT2D eigenvalue weighted by Crippen LogP contribution is -2.89. The molecule has 1 atom stereocenters. The van der Waals surface area contributed by atoms with Crippen molar-refractivity contribution in [3.05, 3.63) is 8.25 Å². The van der Waals surface area contributed by atoms with Gasteiger partial charge in [-0.3, -0.25) is 0 Å². The molecule has 0 rings (SSSR count). The second-order valence-electron chi connectivity index (χ2n) is 9.10. The highest BCUT2D eigenvalue weighted by atomic mass is 32.3. The maximum atomic E-state index is 11.6. The average Bonchev–Trinajstić information content (AvgIpc) is 2.68. The van der Waals surface area contributed by atoms with Crippen molar-refractivity contribution in [2.45, 2.75) is 64.2 Å². The van der Waals surface area contributed by atoms with Crippen LogP contribution in [0.4, 0.5) is 52.7 Å². The lowest BCUT2D eigenvalue weighted by atomic mass is 9.99. The van der Waals surface area contributed by atoms with Gasteiger partial charge in [-0.1, -0.05) is 26.7 Å². The first-order valence-electron chi connectivity index (χ1n) is 12.4. The van der Waals surface area contributed by atoms with Gasteiger partial charge in [-0.05, 0) is 12.8 Å². The van der Waals surface area contributed by atoms with Crippen molar-refractivity contribution in [2.24, 2.45) is 5.92 Å². The van der Waals surface area contributed by atoms with Gasteiger partial charge in [0.05, 0.1) is 46.6 Å². The van der Waals surface area contributed by atoms with Crippen LogP contribution in [0.25, 0.3) is 8.25 Å². The molecule has 0 heterocycles. The van der Waals surface area contributed by atoms with Crippen LogP contribution >= 0.6 is 0 Å². The number of unbranched alkanes of at least 4 members (excludes halogenated alkanes) is 1. The van der Waals surface area contributed by atoms with Crippen LogP contribution in [0, 0.1) is 5.92 Å². The lowest BCUT2D eigenvalue weighted by Gasteiger charge is -2.22. The molecule has 282 valence electrons. The molecular formula is C18H34F12N4O8S4. The molecule has 28 heteroatoms. The van der Waals surface area contributed by atoms with Crippen LogP contribution in [-0.4, -0.2) is 101 Å². The van der Waals surface area contributed by atoms with Gasteiger partial charge in [-0.15, -0.1) is 0 Å². The van der Waals surface area contributed by atoms with Crippen LogP contribution in [0.1, 0.15) is 39.5 Å². The molecule has 0 aliphatic rings. The Bertz CT molecular complexity index is 1120. The Kier molecular flexibility index (Phi) is 21.1. The van der Waals surface area contributed by atoms with Gasteiger partial charge in [0, 0.05) is 5.92 Å². The summed E-state index contributed by atoms with van der Waals surface area (Å²) >= 11 is 0. The first-order valence-corrected chi connectivity index (χ1v) is 18.8. The van der Waals surface area contributed by atoms with Gasteiger partial charge in [0.15, 0.2) is 0 Å². The molecule has 46 heavy (non-hydrogen) atoms. The van der Waals surface area contributed by atoms with Gasteiger partial charge in [-0.2, -0.15) is 52.7 Å². The summed E-state index contributed by atoms with van der Waals surface area (Å²) in [6.45, 7) is 8.14. The fourth-order valence-corrected chi connectivity index (χ4v) is 8.02. The zero-order valence-corrected chi connectivity index (χ0v) is 27.2. The number of quaternary nitrogens is 2. The molecule has 5 N–H and O–H groups in total. The predicted molar refractivity (Wildman–Crippen MR) is 139 cm³/mol. The summed E-state index contributed by atoms with van der Waals surface area (Å²) in [6, 6.07) is 0. The number of nitrogens with zero attached hydrogens (tertiary/aromatic N) is 2. The number of rotatable bonds is 16. The normalized spacial score (nSPS) is 14.5. The Morgan fingerprint density at radius 3 is 1.07 bits per heavy atom. The lowest BCUT2D eigenvalue weighted by molar-refractivity contribution is -0.675. The molecule has 1 unspecified atom stereocenters. The summed E-state index contributed by atoms with van der Waals surface area (Å²) in [4.78, 5) is 0. The van der Waals surface area contributed by atoms with E-state index in [1.54, 1.807) is 8.25 Å². The summed E-state index contributed by atoms with van der Waals surface area (Å²) in [5.74, 6) is -9.63. The first kappa shape index (κ1) is 49.2. The van der Waals surface area contributed by atoms with Gasteiger partial charge >= 0.3 is 24.7 Å². The van der Waals surface area contributed by atoms with E-state index in [1.807, 2.05) is 0 Å². The Morgan fingerprint density at radius 2 is 0.870 bits per heavy atom. The summed E-state index contributed by atoms with van der Waals surface area (Å²) in [5, 5.41) is 2.41. The average molecular weight is 791 g/mol. The van der Waals surface area contributed by atoms with E-state index in [0.717, 1.165) is 12.5 Å². The minimum atomic E-state index is -5.56. The van der Waals surface area contributed by atoms with Gasteiger partial charge in [0.25, 0.3) is 0 Å². The SMILES string of the molecule is CCCCC(CC)C[NH2+]CC[NH3+].O=S(=O)(CC(F)(F)F)[N-]S(=O)(=O)CC(F)(F)F.O=S(=O)(CC(F)(F)F)[N-]S(=O)(=O)CC(F)(F)F. The van der Waals surface area contributed by atoms with Crippen molar-refractivity contribution < 1.29 is 97.4 Å². The molecule has 0 saturated heterocycles. The third kappa shape index (κ3) is 35.7. The van der Waals surface area contributed by atoms with E-state index < -0.39 is 87.8 Å². The van der Waals surface area contributed by atoms with E-state index in [2.05, 4.69) is 24.9 Å². The van der Waals surface area contributed by atoms with E-state index in [-0.39, 0.29) is 0 Å². The number of hydrogen-bond donors (Lipinski definition) is 2. The molecule has 0 saturated carbocycles. The fourth-order valence-electron chi connectivity index (χ4n) is 2.76. The van der Waals surface area contributed by atoms with E-state index in [9.17, 15) is 86.4 Å². The Hall–Kier alpha value is -1.20. The third-order valence-corrected chi connectivity index (χ3v) is 10.7. The van der Waals surface area contributed by atoms with Crippen LogP contribution < -0.4 is 11.1 Å². The van der Waals surface area contributed by atoms with Gasteiger partial charge in [0.1, 0.15) is 36.1 Å². The Balaban J connectivity index is -0.000000614. The second-order valence-corrected chi connectivity index (χ2v) is 16.1. The molecular weight excluding hydrogens is 756 g/mol. The van der Waals surface area contributed by atoms with Crippen molar-refractivity contribution in [2.75, 3.05) is 42.6 Å². The minimum absolute atomic E-state index is 0.941. The molecule has 0 radical (unpaired) electrons. The number of halogens is 12. The van der Waals surface area contributed by atoms with Gasteiger partial charge in [-0.25, -0.2) is 33.7 Å². The molecule has 0 bridgehead atoms. The first-order chi connectivity index (χ1) is 20.1. The third-order valence-electron chi connectivity index (χ3n) is 4.29. The predicted octanol–water partition coefficient (Wildman–Crippen LogP) is 2.30. The largest absolute Gasteiger partial charge is 0.436 e. The van der Waals surface area contributed by atoms with Gasteiger partial charge in [0.2, 0.25) is 0 Å². The maximum absolute atomic E-state index is 11.6. The van der Waals surface area contributed by atoms with Crippen molar-refractivity contribution in [3.63, 3.8) is 0 Å². The van der Waals surface area contributed by atoms with Crippen molar-refractivity contribution in [1.29, 1.82) is 0 Å². The molecule has 12 nitrogen and oxygen atoms in total. The highest BCUT2D eigenvalue weighted by Gasteiger charge is 2.37. The molecule has 0 aliphatic carbocycles. The van der Waals surface area contributed by atoms with Crippen molar-refractivity contribution in [3.8, 4) is 0 Å². The standard InChI is InChI=1S/C10H24N2.2C4H4F6NO4S2/c1-3-5-6-10(4-2)9-12-8-7-11;2*5-3(6,7)1-16(12,13)11-17(14,15)2-4(8,9)10/h10,12H,3-9,11H2,1-2H3;2*1-2H2/q;2*-1/p+2. The highest BCUT2D eigenvalue weighted by Crippen LogP contribution is 2.27. The zero-order chi connectivity index (χ0) is 37.5. The molecule has 0 fully saturated rings. The van der Waals surface area contributed by atoms with E-state index in [4.69, 9.17) is 0 Å². The molecule has 0 amide bonds. The molecule has 0 aliphatic heterocycles. The Morgan fingerprint density at radius 1 is 0.587 bits per heavy atom. The molecule has 0 aromatic heterocycles. The number of sulfonamides is 4. The van der Waals surface area contributed by atoms with E-state index >= 15 is 0 Å². The molecule has 0 aromatic carbocycles. The summed E-state index contributed by atoms with van der Waals surface area (Å²) in [7, 11) is -22.2. The smallest absolute Gasteiger partial charge is 0.401 e. The van der Waals surface area contributed by atoms with Crippen molar-refractivity contribution in [1.82, 2.24) is 0 Å². The molecule has 0 spiro atoms. The maximum Gasteiger partial charge on any atom is 0.401 e. The van der Waals surface area contributed by atoms with Crippen LogP contribution in [0.3, 0.4) is 0 Å². The summed E-state index contributed by atoms with van der Waals surface area (Å²) < 4.78 is 227. The topological polar surface area (TPSA) is 209 Å². The van der Waals surface area contributed by atoms with Crippen LogP contribution in [0.15, 0.2) is 0 Å². The summed E-state index contributed by atoms with van der Waals surface area (Å²) in [5.41, 5.74) is 3.84. The number of alkyl halides is 12. The van der Waals surface area contributed by atoms with E-state index in [0.29, 0.717) is 0 Å². The monoisotopic (exact) mass is 790 g/mol. The second kappa shape index (κ2) is 19.7. The number of hydrogen-bond acceptors (Lipinski definition) is 8. The van der Waals surface area contributed by atoms with Crippen LogP contribution in [0.2, 0.25) is 0 Å². The Labute approximate surface area is 258 Å². The quantitative estimate of drug-likeness (QED) is 0.175. The van der Waals surface area contributed by atoms with Crippen LogP contribution in [-0.2, 0) is 40.1 Å². The van der Waals surface area contributed by atoms with Gasteiger partial charge < -0.3 is 19.3 Å². The van der Waals surface area contributed by atoms with Crippen molar-refractivity contribution >= 4 is 40.1 Å². The van der Waals surface area contributed by atoms with E-state index in [1.165, 1.54) is 38.8 Å². The molecule has 0 aromatic rings. The van der Waals surface area contributed by atoms with Crippen LogP contribution in [0.5, 0.6) is 0 Å². The highest BCUT2D eigenvalue weighted by molar-refractivity contribution is 8.12. The zero-order valence-electron chi connectivity index (χ0n) is 24.0.